The van der Waals surface area contributed by atoms with Gasteiger partial charge in [0.1, 0.15) is 0 Å². The van der Waals surface area contributed by atoms with E-state index in [9.17, 15) is 0 Å². The zero-order chi connectivity index (χ0) is 13.7. The topological polar surface area (TPSA) is 12.0 Å². The fraction of sp³-hybridized carbons (Fsp3) is 0.647. The summed E-state index contributed by atoms with van der Waals surface area (Å²) in [5, 5.41) is 3.69. The molecular formula is C17H29N. The van der Waals surface area contributed by atoms with Gasteiger partial charge in [-0.15, -0.1) is 0 Å². The van der Waals surface area contributed by atoms with Crippen LogP contribution in [0, 0.1) is 26.7 Å². The molecule has 1 unspecified atom stereocenters. The summed E-state index contributed by atoms with van der Waals surface area (Å²) in [6, 6.07) is 5.20. The molecule has 18 heavy (non-hydrogen) atoms. The molecule has 0 aliphatic carbocycles. The van der Waals surface area contributed by atoms with Crippen molar-refractivity contribution in [2.24, 2.45) is 5.92 Å². The Labute approximate surface area is 113 Å². The van der Waals surface area contributed by atoms with Crippen LogP contribution in [0.5, 0.6) is 0 Å². The SMILES string of the molecule is CCCNC(Cc1c(C)cc(C)cc1C)C(C)C. The Morgan fingerprint density at radius 1 is 1.06 bits per heavy atom. The van der Waals surface area contributed by atoms with Crippen molar-refractivity contribution in [1.82, 2.24) is 5.32 Å². The highest BCUT2D eigenvalue weighted by Crippen LogP contribution is 2.20. The number of hydrogen-bond acceptors (Lipinski definition) is 1. The summed E-state index contributed by atoms with van der Waals surface area (Å²) in [7, 11) is 0. The summed E-state index contributed by atoms with van der Waals surface area (Å²) in [5.74, 6) is 0.677. The van der Waals surface area contributed by atoms with Crippen LogP contribution < -0.4 is 5.32 Å². The summed E-state index contributed by atoms with van der Waals surface area (Å²) >= 11 is 0. The van der Waals surface area contributed by atoms with Crippen molar-refractivity contribution in [2.75, 3.05) is 6.54 Å². The van der Waals surface area contributed by atoms with E-state index in [1.165, 1.54) is 28.7 Å². The average molecular weight is 247 g/mol. The molecule has 1 rings (SSSR count). The quantitative estimate of drug-likeness (QED) is 0.795. The molecule has 1 N–H and O–H groups in total. The number of rotatable bonds is 6. The zero-order valence-corrected chi connectivity index (χ0v) is 12.9. The van der Waals surface area contributed by atoms with E-state index in [2.05, 4.69) is 59.0 Å². The minimum atomic E-state index is 0.588. The van der Waals surface area contributed by atoms with Crippen LogP contribution in [0.4, 0.5) is 0 Å². The third-order valence-electron chi connectivity index (χ3n) is 3.73. The van der Waals surface area contributed by atoms with Gasteiger partial charge in [-0.2, -0.15) is 0 Å². The predicted octanol–water partition coefficient (Wildman–Crippen LogP) is 4.18. The van der Waals surface area contributed by atoms with Crippen LogP contribution in [0.2, 0.25) is 0 Å². The van der Waals surface area contributed by atoms with Crippen LogP contribution >= 0.6 is 0 Å². The van der Waals surface area contributed by atoms with Crippen molar-refractivity contribution in [2.45, 2.75) is 60.4 Å². The second-order valence-electron chi connectivity index (χ2n) is 5.89. The van der Waals surface area contributed by atoms with Crippen molar-refractivity contribution in [3.8, 4) is 0 Å². The molecule has 0 radical (unpaired) electrons. The van der Waals surface area contributed by atoms with E-state index in [0.29, 0.717) is 12.0 Å². The fourth-order valence-corrected chi connectivity index (χ4v) is 2.63. The van der Waals surface area contributed by atoms with E-state index in [1.807, 2.05) is 0 Å². The third-order valence-corrected chi connectivity index (χ3v) is 3.73. The van der Waals surface area contributed by atoms with E-state index in [0.717, 1.165) is 13.0 Å². The molecule has 1 nitrogen and oxygen atoms in total. The first-order valence-corrected chi connectivity index (χ1v) is 7.25. The normalized spacial score (nSPS) is 13.1. The Balaban J connectivity index is 2.86. The Kier molecular flexibility index (Phi) is 5.87. The van der Waals surface area contributed by atoms with Gasteiger partial charge in [0, 0.05) is 6.04 Å². The molecular weight excluding hydrogens is 218 g/mol. The van der Waals surface area contributed by atoms with Crippen LogP contribution in [0.15, 0.2) is 12.1 Å². The Bertz CT molecular complexity index is 356. The molecule has 1 aromatic rings. The van der Waals surface area contributed by atoms with Crippen LogP contribution in [-0.2, 0) is 6.42 Å². The first-order valence-electron chi connectivity index (χ1n) is 7.25. The lowest BCUT2D eigenvalue weighted by molar-refractivity contribution is 0.396. The van der Waals surface area contributed by atoms with Gasteiger partial charge < -0.3 is 5.32 Å². The summed E-state index contributed by atoms with van der Waals surface area (Å²) in [6.07, 6.45) is 2.35. The van der Waals surface area contributed by atoms with E-state index in [4.69, 9.17) is 0 Å². The largest absolute Gasteiger partial charge is 0.313 e. The molecule has 0 bridgehead atoms. The smallest absolute Gasteiger partial charge is 0.0131 e. The minimum Gasteiger partial charge on any atom is -0.313 e. The van der Waals surface area contributed by atoms with Gasteiger partial charge >= 0.3 is 0 Å². The molecule has 0 aromatic heterocycles. The second kappa shape index (κ2) is 6.94. The maximum Gasteiger partial charge on any atom is 0.0131 e. The summed E-state index contributed by atoms with van der Waals surface area (Å²) in [4.78, 5) is 0. The van der Waals surface area contributed by atoms with E-state index >= 15 is 0 Å². The molecule has 0 fully saturated rings. The molecule has 0 aliphatic heterocycles. The molecule has 0 saturated heterocycles. The lowest BCUT2D eigenvalue weighted by Gasteiger charge is -2.24. The zero-order valence-electron chi connectivity index (χ0n) is 12.9. The summed E-state index contributed by atoms with van der Waals surface area (Å²) in [6.45, 7) is 14.6. The van der Waals surface area contributed by atoms with Crippen LogP contribution in [0.25, 0.3) is 0 Å². The van der Waals surface area contributed by atoms with Crippen molar-refractivity contribution >= 4 is 0 Å². The Hall–Kier alpha value is -0.820. The van der Waals surface area contributed by atoms with Gasteiger partial charge in [-0.25, -0.2) is 0 Å². The summed E-state index contributed by atoms with van der Waals surface area (Å²) < 4.78 is 0. The maximum atomic E-state index is 3.69. The Morgan fingerprint density at radius 2 is 1.61 bits per heavy atom. The molecule has 0 amide bonds. The van der Waals surface area contributed by atoms with E-state index in [1.54, 1.807) is 0 Å². The van der Waals surface area contributed by atoms with Gasteiger partial charge in [-0.1, -0.05) is 38.5 Å². The first-order chi connectivity index (χ1) is 8.45. The molecule has 1 aromatic carbocycles. The third kappa shape index (κ3) is 4.13. The van der Waals surface area contributed by atoms with Gasteiger partial charge in [0.05, 0.1) is 0 Å². The fourth-order valence-electron chi connectivity index (χ4n) is 2.63. The van der Waals surface area contributed by atoms with Crippen molar-refractivity contribution in [3.63, 3.8) is 0 Å². The van der Waals surface area contributed by atoms with Gasteiger partial charge in [-0.3, -0.25) is 0 Å². The highest BCUT2D eigenvalue weighted by Gasteiger charge is 2.15. The van der Waals surface area contributed by atoms with Gasteiger partial charge in [0.2, 0.25) is 0 Å². The van der Waals surface area contributed by atoms with Gasteiger partial charge in [0.25, 0.3) is 0 Å². The van der Waals surface area contributed by atoms with Crippen molar-refractivity contribution in [1.29, 1.82) is 0 Å². The van der Waals surface area contributed by atoms with Gasteiger partial charge in [0.15, 0.2) is 0 Å². The van der Waals surface area contributed by atoms with E-state index < -0.39 is 0 Å². The van der Waals surface area contributed by atoms with Crippen LogP contribution in [0.1, 0.15) is 49.4 Å². The van der Waals surface area contributed by atoms with Crippen molar-refractivity contribution in [3.05, 3.63) is 34.4 Å². The molecule has 1 atom stereocenters. The maximum absolute atomic E-state index is 3.69. The lowest BCUT2D eigenvalue weighted by atomic mass is 9.90. The lowest BCUT2D eigenvalue weighted by Crippen LogP contribution is -2.36. The molecule has 102 valence electrons. The molecule has 0 aliphatic rings. The number of nitrogens with one attached hydrogen (secondary N) is 1. The molecule has 0 spiro atoms. The number of benzene rings is 1. The predicted molar refractivity (Wildman–Crippen MR) is 81.3 cm³/mol. The highest BCUT2D eigenvalue weighted by molar-refractivity contribution is 5.38. The molecule has 0 saturated carbocycles. The second-order valence-corrected chi connectivity index (χ2v) is 5.89. The van der Waals surface area contributed by atoms with Crippen LogP contribution in [0.3, 0.4) is 0 Å². The standard InChI is InChI=1S/C17H29N/c1-7-8-18-17(12(2)3)11-16-14(5)9-13(4)10-15(16)6/h9-10,12,17-18H,7-8,11H2,1-6H3. The van der Waals surface area contributed by atoms with Crippen LogP contribution in [-0.4, -0.2) is 12.6 Å². The Morgan fingerprint density at radius 3 is 2.06 bits per heavy atom. The molecule has 0 heterocycles. The minimum absolute atomic E-state index is 0.588. The van der Waals surface area contributed by atoms with Crippen molar-refractivity contribution < 1.29 is 0 Å². The monoisotopic (exact) mass is 247 g/mol. The summed E-state index contributed by atoms with van der Waals surface area (Å²) in [5.41, 5.74) is 5.78. The molecule has 1 heteroatoms. The highest BCUT2D eigenvalue weighted by atomic mass is 14.9. The van der Waals surface area contributed by atoms with Gasteiger partial charge in [-0.05, 0) is 62.8 Å². The number of aryl methyl sites for hydroxylation is 3. The average Bonchev–Trinajstić information content (AvgIpc) is 2.26. The number of hydrogen-bond donors (Lipinski definition) is 1. The van der Waals surface area contributed by atoms with E-state index in [-0.39, 0.29) is 0 Å². The first kappa shape index (κ1) is 15.2.